The van der Waals surface area contributed by atoms with Gasteiger partial charge in [0.2, 0.25) is 5.76 Å². The zero-order chi connectivity index (χ0) is 19.7. The second-order valence-corrected chi connectivity index (χ2v) is 8.67. The maximum atomic E-state index is 13.2. The zero-order valence-corrected chi connectivity index (χ0v) is 15.2. The molecule has 1 aromatic heterocycles. The van der Waals surface area contributed by atoms with Gasteiger partial charge in [-0.1, -0.05) is 0 Å². The van der Waals surface area contributed by atoms with E-state index in [0.29, 0.717) is 30.7 Å². The molecule has 0 unspecified atom stereocenters. The van der Waals surface area contributed by atoms with Crippen LogP contribution in [-0.4, -0.2) is 37.3 Å². The highest BCUT2D eigenvalue weighted by Crippen LogP contribution is 2.74. The van der Waals surface area contributed by atoms with Crippen molar-refractivity contribution in [1.82, 2.24) is 5.32 Å². The summed E-state index contributed by atoms with van der Waals surface area (Å²) in [6.07, 6.45) is -0.523. The lowest BCUT2D eigenvalue weighted by Crippen LogP contribution is -2.63. The van der Waals surface area contributed by atoms with Crippen molar-refractivity contribution in [2.45, 2.75) is 31.9 Å². The third-order valence-electron chi connectivity index (χ3n) is 6.68. The Labute approximate surface area is 159 Å². The van der Waals surface area contributed by atoms with Gasteiger partial charge < -0.3 is 19.7 Å². The maximum absolute atomic E-state index is 13.2. The second kappa shape index (κ2) is 5.65. The lowest BCUT2D eigenvalue weighted by Gasteiger charge is -2.71. The Morgan fingerprint density at radius 2 is 1.96 bits per heavy atom. The molecule has 6 rings (SSSR count). The fourth-order valence-corrected chi connectivity index (χ4v) is 5.49. The summed E-state index contributed by atoms with van der Waals surface area (Å²) in [4.78, 5) is 14.4. The lowest BCUT2D eigenvalue weighted by molar-refractivity contribution is -0.225. The number of nitrogens with one attached hydrogen (secondary N) is 1. The Morgan fingerprint density at radius 1 is 1.21 bits per heavy atom. The molecule has 5 nitrogen and oxygen atoms in total. The van der Waals surface area contributed by atoms with E-state index in [0.717, 1.165) is 37.8 Å². The van der Waals surface area contributed by atoms with Crippen molar-refractivity contribution in [2.75, 3.05) is 31.1 Å². The van der Waals surface area contributed by atoms with E-state index in [1.807, 2.05) is 4.90 Å². The van der Waals surface area contributed by atoms with Gasteiger partial charge in [0.05, 0.1) is 11.3 Å². The number of rotatable bonds is 4. The van der Waals surface area contributed by atoms with Crippen molar-refractivity contribution in [3.63, 3.8) is 0 Å². The van der Waals surface area contributed by atoms with Crippen LogP contribution in [0.4, 0.5) is 18.9 Å². The molecule has 3 aliphatic carbocycles. The monoisotopic (exact) mass is 394 g/mol. The highest BCUT2D eigenvalue weighted by molar-refractivity contribution is 6.07. The molecule has 28 heavy (non-hydrogen) atoms. The Balaban J connectivity index is 1.48. The van der Waals surface area contributed by atoms with Crippen LogP contribution >= 0.6 is 0 Å². The van der Waals surface area contributed by atoms with E-state index < -0.39 is 17.6 Å². The van der Waals surface area contributed by atoms with Gasteiger partial charge in [-0.2, -0.15) is 13.2 Å². The molecule has 1 aliphatic heterocycles. The largest absolute Gasteiger partial charge is 0.449 e. The smallest absolute Gasteiger partial charge is 0.416 e. The average Bonchev–Trinajstić information content (AvgIpc) is 2.88. The van der Waals surface area contributed by atoms with Crippen LogP contribution in [0.5, 0.6) is 0 Å². The van der Waals surface area contributed by atoms with Gasteiger partial charge in [-0.25, -0.2) is 0 Å². The third-order valence-corrected chi connectivity index (χ3v) is 6.68. The van der Waals surface area contributed by atoms with E-state index in [4.69, 9.17) is 4.42 Å². The molecule has 150 valence electrons. The Morgan fingerprint density at radius 3 is 2.64 bits per heavy atom. The number of nitrogens with zero attached hydrogens (tertiary/aromatic N) is 1. The molecule has 4 aliphatic rings. The van der Waals surface area contributed by atoms with Crippen LogP contribution in [0.2, 0.25) is 0 Å². The van der Waals surface area contributed by atoms with Crippen molar-refractivity contribution in [3.8, 4) is 0 Å². The van der Waals surface area contributed by atoms with Crippen LogP contribution < -0.4 is 10.2 Å². The number of furan rings is 1. The van der Waals surface area contributed by atoms with E-state index in [9.17, 15) is 23.1 Å². The normalized spacial score (nSPS) is 29.0. The Bertz CT molecular complexity index is 946. The summed E-state index contributed by atoms with van der Waals surface area (Å²) in [5.41, 5.74) is 0.344. The van der Waals surface area contributed by atoms with Crippen LogP contribution in [0.3, 0.4) is 0 Å². The fraction of sp³-hybridized carbons (Fsp3) is 0.550. The Kier molecular flexibility index (Phi) is 3.60. The van der Waals surface area contributed by atoms with Gasteiger partial charge in [-0.05, 0) is 54.7 Å². The van der Waals surface area contributed by atoms with E-state index in [1.165, 1.54) is 6.07 Å². The first-order valence-corrected chi connectivity index (χ1v) is 9.52. The average molecular weight is 394 g/mol. The molecule has 3 fully saturated rings. The summed E-state index contributed by atoms with van der Waals surface area (Å²) in [7, 11) is 0. The van der Waals surface area contributed by atoms with Crippen LogP contribution in [0.1, 0.15) is 41.8 Å². The number of hydrogen-bond acceptors (Lipinski definition) is 4. The van der Waals surface area contributed by atoms with Gasteiger partial charge in [0.1, 0.15) is 5.58 Å². The summed E-state index contributed by atoms with van der Waals surface area (Å²) >= 11 is 0. The third kappa shape index (κ3) is 2.53. The summed E-state index contributed by atoms with van der Waals surface area (Å²) in [6.45, 7) is 1.81. The van der Waals surface area contributed by atoms with Gasteiger partial charge >= 0.3 is 6.18 Å². The number of halogens is 3. The number of alkyl halides is 3. The number of anilines is 1. The van der Waals surface area contributed by atoms with Crippen molar-refractivity contribution < 1.29 is 27.5 Å². The maximum Gasteiger partial charge on any atom is 0.416 e. The van der Waals surface area contributed by atoms with E-state index in [1.54, 1.807) is 0 Å². The van der Waals surface area contributed by atoms with E-state index >= 15 is 0 Å². The van der Waals surface area contributed by atoms with Crippen LogP contribution in [0.15, 0.2) is 22.6 Å². The summed E-state index contributed by atoms with van der Waals surface area (Å²) in [6, 6.07) is 3.33. The molecular weight excluding hydrogens is 373 g/mol. The van der Waals surface area contributed by atoms with Gasteiger partial charge in [0, 0.05) is 31.6 Å². The van der Waals surface area contributed by atoms with Crippen molar-refractivity contribution in [2.24, 2.45) is 10.8 Å². The first kappa shape index (κ1) is 17.8. The van der Waals surface area contributed by atoms with E-state index in [2.05, 4.69) is 5.32 Å². The van der Waals surface area contributed by atoms with Gasteiger partial charge in [0.15, 0.2) is 0 Å². The second-order valence-electron chi connectivity index (χ2n) is 8.67. The first-order valence-electron chi connectivity index (χ1n) is 9.52. The van der Waals surface area contributed by atoms with Crippen molar-refractivity contribution >= 4 is 22.6 Å². The highest BCUT2D eigenvalue weighted by atomic mass is 19.4. The molecule has 2 N–H and O–H groups in total. The van der Waals surface area contributed by atoms with Crippen LogP contribution in [-0.2, 0) is 6.18 Å². The predicted octanol–water partition coefficient (Wildman–Crippen LogP) is 3.55. The molecule has 1 aromatic carbocycles. The number of amides is 1. The topological polar surface area (TPSA) is 65.7 Å². The number of carbonyl (C=O) groups is 1. The number of fused-ring (bicyclic) bond motifs is 3. The molecule has 1 amide bonds. The van der Waals surface area contributed by atoms with Crippen molar-refractivity contribution in [1.29, 1.82) is 0 Å². The SMILES string of the molecule is O=C1NCCN(CCC23CC(CO)(C2)C3)c2c1oc1ccc(C(F)(F)F)cc21. The summed E-state index contributed by atoms with van der Waals surface area (Å²) < 4.78 is 45.2. The quantitative estimate of drug-likeness (QED) is 0.832. The molecule has 0 atom stereocenters. The Hall–Kier alpha value is -2.22. The summed E-state index contributed by atoms with van der Waals surface area (Å²) in [5.74, 6) is -0.316. The van der Waals surface area contributed by atoms with Gasteiger partial charge in [-0.3, -0.25) is 4.79 Å². The number of benzene rings is 1. The molecule has 8 heteroatoms. The van der Waals surface area contributed by atoms with Crippen LogP contribution in [0, 0.1) is 10.8 Å². The minimum absolute atomic E-state index is 0.0799. The van der Waals surface area contributed by atoms with Gasteiger partial charge in [-0.15, -0.1) is 0 Å². The predicted molar refractivity (Wildman–Crippen MR) is 96.2 cm³/mol. The molecular formula is C20H21F3N2O3. The van der Waals surface area contributed by atoms with Crippen molar-refractivity contribution in [3.05, 3.63) is 29.5 Å². The standard InChI is InChI=1S/C20H21F3N2O3/c21-20(22,23)12-1-2-14-13(7-12)15-16(28-14)17(27)24-4-6-25(15)5-3-18-8-19(9-18,10-18)11-26/h1-2,7,26H,3-6,8-11H2,(H,24,27). The molecule has 0 saturated heterocycles. The van der Waals surface area contributed by atoms with Crippen LogP contribution in [0.25, 0.3) is 11.0 Å². The molecule has 3 saturated carbocycles. The highest BCUT2D eigenvalue weighted by Gasteiger charge is 2.66. The summed E-state index contributed by atoms with van der Waals surface area (Å²) in [5, 5.41) is 12.5. The molecule has 2 heterocycles. The molecule has 0 spiro atoms. The number of carbonyl (C=O) groups excluding carboxylic acids is 1. The minimum atomic E-state index is -4.46. The molecule has 2 aromatic rings. The molecule has 2 bridgehead atoms. The van der Waals surface area contributed by atoms with E-state index in [-0.39, 0.29) is 28.8 Å². The number of hydrogen-bond donors (Lipinski definition) is 2. The molecule has 0 radical (unpaired) electrons. The van der Waals surface area contributed by atoms with Gasteiger partial charge in [0.25, 0.3) is 5.91 Å². The number of aliphatic hydroxyl groups excluding tert-OH is 1. The minimum Gasteiger partial charge on any atom is -0.449 e. The zero-order valence-electron chi connectivity index (χ0n) is 15.2. The lowest BCUT2D eigenvalue weighted by atomic mass is 9.34. The first-order chi connectivity index (χ1) is 13.2. The fourth-order valence-electron chi connectivity index (χ4n) is 5.49. The number of aliphatic hydroxyl groups is 1.